The van der Waals surface area contributed by atoms with Crippen molar-refractivity contribution in [1.82, 2.24) is 4.98 Å². The number of anilines is 1. The maximum atomic E-state index is 5.42. The maximum absolute atomic E-state index is 5.42. The van der Waals surface area contributed by atoms with Gasteiger partial charge in [-0.15, -0.1) is 11.3 Å². The molecule has 1 aromatic rings. The highest BCUT2D eigenvalue weighted by atomic mass is 32.1. The molecule has 56 valence electrons. The van der Waals surface area contributed by atoms with Gasteiger partial charge in [-0.3, -0.25) is 0 Å². The van der Waals surface area contributed by atoms with Crippen molar-refractivity contribution in [3.05, 3.63) is 11.1 Å². The molecule has 0 saturated carbocycles. The Labute approximate surface area is 63.8 Å². The number of thiazole rings is 1. The fourth-order valence-corrected chi connectivity index (χ4v) is 1.25. The zero-order chi connectivity index (χ0) is 7.56. The minimum Gasteiger partial charge on any atom is -0.375 e. The number of aromatic nitrogens is 1. The third kappa shape index (κ3) is 1.46. The molecule has 0 spiro atoms. The predicted molar refractivity (Wildman–Crippen MR) is 42.0 cm³/mol. The van der Waals surface area contributed by atoms with Crippen LogP contribution in [0.25, 0.3) is 0 Å². The maximum Gasteiger partial charge on any atom is 0.180 e. The predicted octanol–water partition coefficient (Wildman–Crippen LogP) is 1.43. The van der Waals surface area contributed by atoms with E-state index < -0.39 is 0 Å². The summed E-state index contributed by atoms with van der Waals surface area (Å²) in [6.07, 6.45) is 0.0496. The first kappa shape index (κ1) is 7.50. The van der Waals surface area contributed by atoms with Crippen LogP contribution in [-0.4, -0.2) is 12.1 Å². The summed E-state index contributed by atoms with van der Waals surface area (Å²) in [6.45, 7) is 1.94. The lowest BCUT2D eigenvalue weighted by Gasteiger charge is -2.03. The van der Waals surface area contributed by atoms with Crippen LogP contribution in [0.5, 0.6) is 0 Å². The summed E-state index contributed by atoms with van der Waals surface area (Å²) in [6, 6.07) is 0. The van der Waals surface area contributed by atoms with Crippen LogP contribution in [0.3, 0.4) is 0 Å². The molecule has 0 aliphatic heterocycles. The molecule has 0 amide bonds. The van der Waals surface area contributed by atoms with Gasteiger partial charge < -0.3 is 10.5 Å². The van der Waals surface area contributed by atoms with E-state index in [4.69, 9.17) is 10.5 Å². The molecular weight excluding hydrogens is 148 g/mol. The smallest absolute Gasteiger partial charge is 0.180 e. The van der Waals surface area contributed by atoms with E-state index in [0.29, 0.717) is 5.13 Å². The third-order valence-electron chi connectivity index (χ3n) is 1.31. The molecule has 0 saturated heterocycles. The number of rotatable bonds is 2. The molecule has 10 heavy (non-hydrogen) atoms. The van der Waals surface area contributed by atoms with Gasteiger partial charge in [-0.2, -0.15) is 0 Å². The van der Waals surface area contributed by atoms with E-state index >= 15 is 0 Å². The Morgan fingerprint density at radius 1 is 1.80 bits per heavy atom. The standard InChI is InChI=1S/C6H10N2OS/c1-4(9-2)5-3-10-6(7)8-5/h3-4H,1-2H3,(H2,7,8)/t4-/m1/s1. The van der Waals surface area contributed by atoms with Gasteiger partial charge in [-0.1, -0.05) is 0 Å². The molecule has 0 unspecified atom stereocenters. The first-order valence-corrected chi connectivity index (χ1v) is 3.85. The van der Waals surface area contributed by atoms with Crippen molar-refractivity contribution in [3.63, 3.8) is 0 Å². The van der Waals surface area contributed by atoms with Crippen molar-refractivity contribution in [2.75, 3.05) is 12.8 Å². The van der Waals surface area contributed by atoms with E-state index in [0.717, 1.165) is 5.69 Å². The first-order valence-electron chi connectivity index (χ1n) is 2.97. The quantitative estimate of drug-likeness (QED) is 0.708. The lowest BCUT2D eigenvalue weighted by Crippen LogP contribution is -1.96. The van der Waals surface area contributed by atoms with Crippen molar-refractivity contribution in [2.45, 2.75) is 13.0 Å². The largest absolute Gasteiger partial charge is 0.375 e. The summed E-state index contributed by atoms with van der Waals surface area (Å²) in [4.78, 5) is 4.05. The fourth-order valence-electron chi connectivity index (χ4n) is 0.608. The van der Waals surface area contributed by atoms with Crippen LogP contribution in [0.1, 0.15) is 18.7 Å². The van der Waals surface area contributed by atoms with E-state index in [9.17, 15) is 0 Å². The number of nitrogens with zero attached hydrogens (tertiary/aromatic N) is 1. The van der Waals surface area contributed by atoms with Gasteiger partial charge >= 0.3 is 0 Å². The SMILES string of the molecule is CO[C@H](C)c1csc(N)n1. The van der Waals surface area contributed by atoms with Gasteiger partial charge in [0, 0.05) is 12.5 Å². The summed E-state index contributed by atoms with van der Waals surface area (Å²) in [5, 5.41) is 2.50. The normalized spacial score (nSPS) is 13.4. The summed E-state index contributed by atoms with van der Waals surface area (Å²) in [5.74, 6) is 0. The Morgan fingerprint density at radius 2 is 2.50 bits per heavy atom. The molecule has 3 nitrogen and oxygen atoms in total. The Bertz CT molecular complexity index is 211. The lowest BCUT2D eigenvalue weighted by atomic mass is 10.3. The summed E-state index contributed by atoms with van der Waals surface area (Å²) >= 11 is 1.43. The van der Waals surface area contributed by atoms with Crippen LogP contribution in [-0.2, 0) is 4.74 Å². The highest BCUT2D eigenvalue weighted by Gasteiger charge is 2.06. The Balaban J connectivity index is 2.74. The van der Waals surface area contributed by atoms with E-state index in [2.05, 4.69) is 4.98 Å². The topological polar surface area (TPSA) is 48.1 Å². The highest BCUT2D eigenvalue weighted by Crippen LogP contribution is 2.19. The first-order chi connectivity index (χ1) is 4.74. The van der Waals surface area contributed by atoms with Crippen LogP contribution in [0.2, 0.25) is 0 Å². The van der Waals surface area contributed by atoms with Gasteiger partial charge in [0.15, 0.2) is 5.13 Å². The minimum absolute atomic E-state index is 0.0496. The van der Waals surface area contributed by atoms with Crippen LogP contribution in [0, 0.1) is 0 Å². The zero-order valence-corrected chi connectivity index (χ0v) is 6.81. The molecule has 1 atom stereocenters. The van der Waals surface area contributed by atoms with Gasteiger partial charge in [-0.25, -0.2) is 4.98 Å². The van der Waals surface area contributed by atoms with Crippen molar-refractivity contribution in [1.29, 1.82) is 0 Å². The van der Waals surface area contributed by atoms with Crippen molar-refractivity contribution < 1.29 is 4.74 Å². The van der Waals surface area contributed by atoms with Crippen molar-refractivity contribution in [3.8, 4) is 0 Å². The summed E-state index contributed by atoms with van der Waals surface area (Å²) in [7, 11) is 1.65. The van der Waals surface area contributed by atoms with Gasteiger partial charge in [0.05, 0.1) is 11.8 Å². The van der Waals surface area contributed by atoms with E-state index in [-0.39, 0.29) is 6.10 Å². The lowest BCUT2D eigenvalue weighted by molar-refractivity contribution is 0.116. The van der Waals surface area contributed by atoms with Crippen molar-refractivity contribution in [2.24, 2.45) is 0 Å². The molecule has 1 rings (SSSR count). The Morgan fingerprint density at radius 3 is 2.90 bits per heavy atom. The molecule has 2 N–H and O–H groups in total. The molecule has 0 fully saturated rings. The fraction of sp³-hybridized carbons (Fsp3) is 0.500. The molecular formula is C6H10N2OS. The van der Waals surface area contributed by atoms with Gasteiger partial charge in [0.2, 0.25) is 0 Å². The molecule has 1 heterocycles. The Hall–Kier alpha value is -0.610. The second kappa shape index (κ2) is 2.98. The second-order valence-electron chi connectivity index (χ2n) is 1.99. The van der Waals surface area contributed by atoms with Gasteiger partial charge in [-0.05, 0) is 6.92 Å². The molecule has 0 bridgehead atoms. The van der Waals surface area contributed by atoms with E-state index in [1.807, 2.05) is 12.3 Å². The summed E-state index contributed by atoms with van der Waals surface area (Å²) in [5.41, 5.74) is 6.33. The van der Waals surface area contributed by atoms with Gasteiger partial charge in [0.25, 0.3) is 0 Å². The third-order valence-corrected chi connectivity index (χ3v) is 2.00. The number of methoxy groups -OCH3 is 1. The van der Waals surface area contributed by atoms with E-state index in [1.165, 1.54) is 11.3 Å². The number of nitrogen functional groups attached to an aromatic ring is 1. The number of ether oxygens (including phenoxy) is 1. The highest BCUT2D eigenvalue weighted by molar-refractivity contribution is 7.13. The molecule has 0 radical (unpaired) electrons. The van der Waals surface area contributed by atoms with Crippen LogP contribution >= 0.6 is 11.3 Å². The van der Waals surface area contributed by atoms with Crippen molar-refractivity contribution >= 4 is 16.5 Å². The molecule has 0 aliphatic rings. The summed E-state index contributed by atoms with van der Waals surface area (Å²) < 4.78 is 5.04. The molecule has 1 aromatic heterocycles. The van der Waals surface area contributed by atoms with Crippen LogP contribution < -0.4 is 5.73 Å². The van der Waals surface area contributed by atoms with E-state index in [1.54, 1.807) is 7.11 Å². The number of hydrogen-bond donors (Lipinski definition) is 1. The monoisotopic (exact) mass is 158 g/mol. The van der Waals surface area contributed by atoms with Gasteiger partial charge in [0.1, 0.15) is 0 Å². The molecule has 0 aromatic carbocycles. The molecule has 4 heteroatoms. The average molecular weight is 158 g/mol. The second-order valence-corrected chi connectivity index (χ2v) is 2.88. The zero-order valence-electron chi connectivity index (χ0n) is 6.00. The average Bonchev–Trinajstić information content (AvgIpc) is 2.34. The Kier molecular flexibility index (Phi) is 2.24. The van der Waals surface area contributed by atoms with Crippen LogP contribution in [0.15, 0.2) is 5.38 Å². The number of nitrogens with two attached hydrogens (primary N) is 1. The minimum atomic E-state index is 0.0496. The molecule has 0 aliphatic carbocycles. The van der Waals surface area contributed by atoms with Crippen LogP contribution in [0.4, 0.5) is 5.13 Å². The number of hydrogen-bond acceptors (Lipinski definition) is 4.